The van der Waals surface area contributed by atoms with Crippen molar-refractivity contribution in [2.45, 2.75) is 43.4 Å². The molecule has 1 unspecified atom stereocenters. The van der Waals surface area contributed by atoms with Crippen molar-refractivity contribution in [3.8, 4) is 11.5 Å². The topological polar surface area (TPSA) is 38.7 Å². The van der Waals surface area contributed by atoms with Crippen molar-refractivity contribution in [3.63, 3.8) is 0 Å². The third kappa shape index (κ3) is 4.10. The molecule has 0 spiro atoms. The van der Waals surface area contributed by atoms with Crippen LogP contribution in [0.1, 0.15) is 26.3 Å². The van der Waals surface area contributed by atoms with Crippen LogP contribution >= 0.6 is 11.8 Å². The molecule has 0 aliphatic heterocycles. The van der Waals surface area contributed by atoms with Gasteiger partial charge in [-0.25, -0.2) is 0 Å². The van der Waals surface area contributed by atoms with Gasteiger partial charge in [0.15, 0.2) is 0 Å². The van der Waals surface area contributed by atoms with Gasteiger partial charge >= 0.3 is 0 Å². The van der Waals surface area contributed by atoms with Crippen LogP contribution in [0.3, 0.4) is 0 Å². The van der Waals surface area contributed by atoms with Crippen LogP contribution in [0.25, 0.3) is 0 Å². The van der Waals surface area contributed by atoms with Gasteiger partial charge in [-0.05, 0) is 19.1 Å². The van der Waals surface area contributed by atoms with Crippen LogP contribution in [0.5, 0.6) is 11.5 Å². The molecule has 0 aliphatic carbocycles. The van der Waals surface area contributed by atoms with Crippen molar-refractivity contribution < 1.29 is 14.6 Å². The van der Waals surface area contributed by atoms with Gasteiger partial charge in [0.2, 0.25) is 0 Å². The highest BCUT2D eigenvalue weighted by Gasteiger charge is 2.15. The maximum absolute atomic E-state index is 9.54. The van der Waals surface area contributed by atoms with E-state index in [4.69, 9.17) is 9.47 Å². The fraction of sp³-hybridized carbons (Fsp3) is 0.571. The Bertz CT molecular complexity index is 364. The number of hydrogen-bond acceptors (Lipinski definition) is 4. The minimum Gasteiger partial charge on any atom is -0.496 e. The van der Waals surface area contributed by atoms with Gasteiger partial charge < -0.3 is 14.6 Å². The number of thioether (sulfide) groups is 1. The lowest BCUT2D eigenvalue weighted by Crippen LogP contribution is -2.07. The number of hydrogen-bond donors (Lipinski definition) is 1. The lowest BCUT2D eigenvalue weighted by Gasteiger charge is -2.17. The van der Waals surface area contributed by atoms with E-state index in [0.29, 0.717) is 11.7 Å². The molecule has 1 atom stereocenters. The zero-order chi connectivity index (χ0) is 13.7. The largest absolute Gasteiger partial charge is 0.496 e. The number of aliphatic hydroxyl groups excluding tert-OH is 1. The Morgan fingerprint density at radius 1 is 1.11 bits per heavy atom. The van der Waals surface area contributed by atoms with Gasteiger partial charge in [0.1, 0.15) is 11.5 Å². The zero-order valence-corrected chi connectivity index (χ0v) is 12.5. The summed E-state index contributed by atoms with van der Waals surface area (Å²) in [6, 6.07) is 4.01. The molecule has 0 aromatic heterocycles. The van der Waals surface area contributed by atoms with E-state index in [2.05, 4.69) is 13.8 Å². The minimum atomic E-state index is -0.420. The standard InChI is InChI=1S/C14H22O3S/c1-9(2)18-11-7-13(16-4)12(6-10(3)15)14(8-11)17-5/h7-10,15H,6H2,1-5H3. The van der Waals surface area contributed by atoms with Gasteiger partial charge in [-0.2, -0.15) is 0 Å². The van der Waals surface area contributed by atoms with Crippen LogP contribution in [0.4, 0.5) is 0 Å². The highest BCUT2D eigenvalue weighted by molar-refractivity contribution is 7.99. The van der Waals surface area contributed by atoms with E-state index in [0.717, 1.165) is 22.0 Å². The van der Waals surface area contributed by atoms with Crippen LogP contribution in [0.2, 0.25) is 0 Å². The second-order valence-electron chi connectivity index (χ2n) is 4.53. The quantitative estimate of drug-likeness (QED) is 0.806. The number of ether oxygens (including phenoxy) is 2. The molecule has 4 heteroatoms. The maximum Gasteiger partial charge on any atom is 0.126 e. The van der Waals surface area contributed by atoms with Gasteiger partial charge in [0.05, 0.1) is 20.3 Å². The molecule has 1 aromatic carbocycles. The summed E-state index contributed by atoms with van der Waals surface area (Å²) in [5.41, 5.74) is 0.920. The molecule has 1 N–H and O–H groups in total. The molecule has 3 nitrogen and oxygen atoms in total. The molecule has 0 bridgehead atoms. The SMILES string of the molecule is COc1cc(SC(C)C)cc(OC)c1CC(C)O. The summed E-state index contributed by atoms with van der Waals surface area (Å²) in [6.07, 6.45) is 0.107. The average Bonchev–Trinajstić information content (AvgIpc) is 2.29. The summed E-state index contributed by atoms with van der Waals surface area (Å²) >= 11 is 1.76. The summed E-state index contributed by atoms with van der Waals surface area (Å²) in [7, 11) is 3.29. The van der Waals surface area contributed by atoms with E-state index in [1.54, 1.807) is 32.9 Å². The Balaban J connectivity index is 3.16. The Morgan fingerprint density at radius 2 is 1.61 bits per heavy atom. The number of rotatable bonds is 6. The fourth-order valence-electron chi connectivity index (χ4n) is 1.80. The molecule has 0 saturated heterocycles. The van der Waals surface area contributed by atoms with Crippen molar-refractivity contribution in [1.82, 2.24) is 0 Å². The lowest BCUT2D eigenvalue weighted by atomic mass is 10.1. The van der Waals surface area contributed by atoms with Gasteiger partial charge in [-0.15, -0.1) is 11.8 Å². The number of methoxy groups -OCH3 is 2. The van der Waals surface area contributed by atoms with Crippen LogP contribution in [-0.4, -0.2) is 30.7 Å². The van der Waals surface area contributed by atoms with E-state index in [-0.39, 0.29) is 0 Å². The zero-order valence-electron chi connectivity index (χ0n) is 11.7. The predicted molar refractivity (Wildman–Crippen MR) is 75.9 cm³/mol. The average molecular weight is 270 g/mol. The van der Waals surface area contributed by atoms with Crippen molar-refractivity contribution in [2.75, 3.05) is 14.2 Å². The van der Waals surface area contributed by atoms with E-state index < -0.39 is 6.10 Å². The van der Waals surface area contributed by atoms with Crippen LogP contribution in [-0.2, 0) is 6.42 Å². The maximum atomic E-state index is 9.54. The first-order valence-corrected chi connectivity index (χ1v) is 6.95. The summed E-state index contributed by atoms with van der Waals surface area (Å²) in [5, 5.41) is 10.0. The smallest absolute Gasteiger partial charge is 0.126 e. The highest BCUT2D eigenvalue weighted by atomic mass is 32.2. The molecule has 18 heavy (non-hydrogen) atoms. The van der Waals surface area contributed by atoms with Crippen molar-refractivity contribution in [3.05, 3.63) is 17.7 Å². The molecule has 0 saturated carbocycles. The first-order chi connectivity index (χ1) is 8.47. The normalized spacial score (nSPS) is 12.6. The number of benzene rings is 1. The summed E-state index contributed by atoms with van der Waals surface area (Å²) in [6.45, 7) is 6.05. The summed E-state index contributed by atoms with van der Waals surface area (Å²) in [4.78, 5) is 1.12. The van der Waals surface area contributed by atoms with Gasteiger partial charge in [-0.3, -0.25) is 0 Å². The highest BCUT2D eigenvalue weighted by Crippen LogP contribution is 2.36. The Hall–Kier alpha value is -0.870. The van der Waals surface area contributed by atoms with Gasteiger partial charge in [0.25, 0.3) is 0 Å². The summed E-state index contributed by atoms with van der Waals surface area (Å²) < 4.78 is 10.8. The fourth-order valence-corrected chi connectivity index (χ4v) is 2.69. The molecule has 0 amide bonds. The van der Waals surface area contributed by atoms with Gasteiger partial charge in [0, 0.05) is 22.1 Å². The molecule has 1 rings (SSSR count). The molecule has 0 radical (unpaired) electrons. The lowest BCUT2D eigenvalue weighted by molar-refractivity contribution is 0.192. The minimum absolute atomic E-state index is 0.420. The van der Waals surface area contributed by atoms with E-state index in [9.17, 15) is 5.11 Å². The summed E-state index contributed by atoms with van der Waals surface area (Å²) in [5.74, 6) is 1.55. The predicted octanol–water partition coefficient (Wildman–Crippen LogP) is 3.13. The second kappa shape index (κ2) is 6.90. The molecule has 102 valence electrons. The third-order valence-electron chi connectivity index (χ3n) is 2.45. The van der Waals surface area contributed by atoms with Crippen molar-refractivity contribution >= 4 is 11.8 Å². The molecule has 0 heterocycles. The Labute approximate surface area is 113 Å². The second-order valence-corrected chi connectivity index (χ2v) is 6.18. The first kappa shape index (κ1) is 15.2. The Morgan fingerprint density at radius 3 is 1.94 bits per heavy atom. The monoisotopic (exact) mass is 270 g/mol. The third-order valence-corrected chi connectivity index (χ3v) is 3.43. The molecular weight excluding hydrogens is 248 g/mol. The van der Waals surface area contributed by atoms with E-state index >= 15 is 0 Å². The molecule has 0 fully saturated rings. The van der Waals surface area contributed by atoms with Crippen LogP contribution in [0, 0.1) is 0 Å². The molecular formula is C14H22O3S. The van der Waals surface area contributed by atoms with E-state index in [1.165, 1.54) is 0 Å². The molecule has 1 aromatic rings. The van der Waals surface area contributed by atoms with E-state index in [1.807, 2.05) is 12.1 Å². The van der Waals surface area contributed by atoms with Crippen LogP contribution < -0.4 is 9.47 Å². The first-order valence-electron chi connectivity index (χ1n) is 6.07. The van der Waals surface area contributed by atoms with Gasteiger partial charge in [-0.1, -0.05) is 13.8 Å². The van der Waals surface area contributed by atoms with Crippen molar-refractivity contribution in [2.24, 2.45) is 0 Å². The number of aliphatic hydroxyl groups is 1. The Kier molecular flexibility index (Phi) is 5.82. The van der Waals surface area contributed by atoms with Crippen LogP contribution in [0.15, 0.2) is 17.0 Å². The van der Waals surface area contributed by atoms with Crippen molar-refractivity contribution in [1.29, 1.82) is 0 Å². The molecule has 0 aliphatic rings.